The molecule has 0 saturated carbocycles. The monoisotopic (exact) mass is 245 g/mol. The Morgan fingerprint density at radius 3 is 2.73 bits per heavy atom. The van der Waals surface area contributed by atoms with Crippen LogP contribution >= 0.6 is 0 Å². The lowest BCUT2D eigenvalue weighted by molar-refractivity contribution is 0.594. The second-order valence-corrected chi connectivity index (χ2v) is 5.74. The molecule has 0 amide bonds. The summed E-state index contributed by atoms with van der Waals surface area (Å²) in [5.41, 5.74) is 1.40. The van der Waals surface area contributed by atoms with Crippen molar-refractivity contribution in [3.8, 4) is 0 Å². The smallest absolute Gasteiger partial charge is 0.160 e. The van der Waals surface area contributed by atoms with Crippen LogP contribution in [0, 0.1) is 13.0 Å². The standard InChI is InChI=1S/C10H13O3S2/c1-3-14(11)10-8(2)5-4-6-9(10)7-15(12)13/h4,6,15H,3,7H2,1-2H3. The number of aryl methyl sites for hydroxylation is 1. The fraction of sp³-hybridized carbons (Fsp3) is 0.400. The lowest BCUT2D eigenvalue weighted by Gasteiger charge is -2.13. The summed E-state index contributed by atoms with van der Waals surface area (Å²) in [7, 11) is -2.48. The van der Waals surface area contributed by atoms with Gasteiger partial charge in [-0.1, -0.05) is 12.1 Å². The molecule has 5 heteroatoms. The third-order valence-corrected chi connectivity index (χ3v) is 4.15. The summed E-state index contributed by atoms with van der Waals surface area (Å²) in [5.74, 6) is 0.438. The van der Waals surface area contributed by atoms with E-state index in [1.165, 1.54) is 0 Å². The van der Waals surface area contributed by atoms with Gasteiger partial charge in [0.05, 0.1) is 5.75 Å². The molecule has 0 heterocycles. The zero-order chi connectivity index (χ0) is 11.4. The van der Waals surface area contributed by atoms with Crippen LogP contribution in [-0.2, 0) is 27.6 Å². The molecule has 0 aliphatic rings. The van der Waals surface area contributed by atoms with Gasteiger partial charge in [-0.3, -0.25) is 0 Å². The Morgan fingerprint density at radius 1 is 1.53 bits per heavy atom. The molecule has 0 aromatic heterocycles. The quantitative estimate of drug-likeness (QED) is 0.637. The van der Waals surface area contributed by atoms with E-state index >= 15 is 0 Å². The summed E-state index contributed by atoms with van der Waals surface area (Å²) in [6, 6.07) is 6.27. The highest BCUT2D eigenvalue weighted by atomic mass is 32.2. The fourth-order valence-corrected chi connectivity index (χ4v) is 3.14. The lowest BCUT2D eigenvalue weighted by atomic mass is 10.2. The molecule has 1 unspecified atom stereocenters. The van der Waals surface area contributed by atoms with Crippen LogP contribution < -0.4 is 0 Å². The van der Waals surface area contributed by atoms with E-state index in [4.69, 9.17) is 0 Å². The Labute approximate surface area is 94.6 Å². The van der Waals surface area contributed by atoms with Gasteiger partial charge in [-0.05, 0) is 31.1 Å². The molecule has 0 spiro atoms. The van der Waals surface area contributed by atoms with Crippen LogP contribution in [0.25, 0.3) is 0 Å². The number of hydrogen-bond donors (Lipinski definition) is 1. The van der Waals surface area contributed by atoms with E-state index in [1.54, 1.807) is 19.1 Å². The van der Waals surface area contributed by atoms with Gasteiger partial charge in [0.15, 0.2) is 4.90 Å². The zero-order valence-electron chi connectivity index (χ0n) is 8.65. The predicted molar refractivity (Wildman–Crippen MR) is 61.0 cm³/mol. The maximum atomic E-state index is 11.7. The van der Waals surface area contributed by atoms with Gasteiger partial charge >= 0.3 is 0 Å². The van der Waals surface area contributed by atoms with Crippen molar-refractivity contribution in [3.63, 3.8) is 0 Å². The molecule has 15 heavy (non-hydrogen) atoms. The van der Waals surface area contributed by atoms with Crippen LogP contribution in [0.15, 0.2) is 17.0 Å². The van der Waals surface area contributed by atoms with Crippen LogP contribution in [0.4, 0.5) is 0 Å². The van der Waals surface area contributed by atoms with Crippen LogP contribution in [-0.4, -0.2) is 18.7 Å². The lowest BCUT2D eigenvalue weighted by Crippen LogP contribution is -2.10. The summed E-state index contributed by atoms with van der Waals surface area (Å²) >= 11 is -1.13. The molecule has 0 fully saturated rings. The molecule has 1 radical (unpaired) electrons. The van der Waals surface area contributed by atoms with Crippen molar-refractivity contribution in [2.45, 2.75) is 24.5 Å². The van der Waals surface area contributed by atoms with Gasteiger partial charge in [-0.2, -0.15) is 0 Å². The van der Waals surface area contributed by atoms with Crippen molar-refractivity contribution >= 4 is 21.9 Å². The SMILES string of the molecule is CC[S+]([O-])c1c(C)[c]ccc1C[SH](=O)=O. The van der Waals surface area contributed by atoms with Gasteiger partial charge < -0.3 is 4.55 Å². The van der Waals surface area contributed by atoms with Gasteiger partial charge in [0, 0.05) is 11.1 Å². The normalized spacial score (nSPS) is 13.1. The van der Waals surface area contributed by atoms with Gasteiger partial charge in [-0.15, -0.1) is 0 Å². The van der Waals surface area contributed by atoms with Crippen LogP contribution in [0.2, 0.25) is 0 Å². The molecule has 0 bridgehead atoms. The molecular weight excluding hydrogens is 232 g/mol. The minimum Gasteiger partial charge on any atom is -0.611 e. The number of thiol groups is 1. The molecular formula is C10H13O3S2. The van der Waals surface area contributed by atoms with E-state index in [-0.39, 0.29) is 5.75 Å². The third kappa shape index (κ3) is 3.22. The van der Waals surface area contributed by atoms with E-state index in [9.17, 15) is 13.0 Å². The van der Waals surface area contributed by atoms with Crippen molar-refractivity contribution in [2.24, 2.45) is 0 Å². The average molecular weight is 245 g/mol. The largest absolute Gasteiger partial charge is 0.611 e. The van der Waals surface area contributed by atoms with E-state index in [2.05, 4.69) is 6.07 Å². The molecule has 1 rings (SSSR count). The van der Waals surface area contributed by atoms with Crippen molar-refractivity contribution in [2.75, 3.05) is 5.75 Å². The maximum Gasteiger partial charge on any atom is 0.160 e. The Bertz CT molecular complexity index is 405. The topological polar surface area (TPSA) is 57.2 Å². The summed E-state index contributed by atoms with van der Waals surface area (Å²) in [4.78, 5) is 0.624. The van der Waals surface area contributed by atoms with E-state index < -0.39 is 21.9 Å². The highest BCUT2D eigenvalue weighted by Gasteiger charge is 2.17. The molecule has 0 saturated heterocycles. The second-order valence-electron chi connectivity index (χ2n) is 3.08. The summed E-state index contributed by atoms with van der Waals surface area (Å²) < 4.78 is 33.1. The Kier molecular flexibility index (Phi) is 4.63. The highest BCUT2D eigenvalue weighted by molar-refractivity contribution is 7.91. The van der Waals surface area contributed by atoms with Crippen molar-refractivity contribution in [1.82, 2.24) is 0 Å². The number of benzene rings is 1. The molecule has 0 aliphatic heterocycles. The van der Waals surface area contributed by atoms with Crippen LogP contribution in [0.1, 0.15) is 18.1 Å². The van der Waals surface area contributed by atoms with Crippen molar-refractivity contribution in [3.05, 3.63) is 29.3 Å². The summed E-state index contributed by atoms with van der Waals surface area (Å²) in [5, 5.41) is 0. The molecule has 83 valence electrons. The molecule has 1 atom stereocenters. The minimum absolute atomic E-state index is 0.0497. The minimum atomic E-state index is -2.48. The van der Waals surface area contributed by atoms with Gasteiger partial charge in [-0.25, -0.2) is 8.42 Å². The number of hydrogen-bond acceptors (Lipinski definition) is 3. The highest BCUT2D eigenvalue weighted by Crippen LogP contribution is 2.21. The van der Waals surface area contributed by atoms with E-state index in [0.717, 1.165) is 5.56 Å². The van der Waals surface area contributed by atoms with Crippen molar-refractivity contribution < 1.29 is 13.0 Å². The molecule has 1 aromatic carbocycles. The van der Waals surface area contributed by atoms with E-state index in [0.29, 0.717) is 16.2 Å². The zero-order valence-corrected chi connectivity index (χ0v) is 10.4. The van der Waals surface area contributed by atoms with E-state index in [1.807, 2.05) is 6.92 Å². The predicted octanol–water partition coefficient (Wildman–Crippen LogP) is 1.03. The Morgan fingerprint density at radius 2 is 2.20 bits per heavy atom. The van der Waals surface area contributed by atoms with Crippen LogP contribution in [0.5, 0.6) is 0 Å². The first-order chi connectivity index (χ1) is 7.06. The summed E-state index contributed by atoms with van der Waals surface area (Å²) in [6.07, 6.45) is 0. The Balaban J connectivity index is 3.19. The van der Waals surface area contributed by atoms with Gasteiger partial charge in [0.25, 0.3) is 0 Å². The molecule has 3 nitrogen and oxygen atoms in total. The van der Waals surface area contributed by atoms with Crippen LogP contribution in [0.3, 0.4) is 0 Å². The summed E-state index contributed by atoms with van der Waals surface area (Å²) in [6.45, 7) is 3.60. The van der Waals surface area contributed by atoms with Gasteiger partial charge in [0.1, 0.15) is 16.5 Å². The third-order valence-electron chi connectivity index (χ3n) is 2.01. The first kappa shape index (κ1) is 12.5. The fourth-order valence-electron chi connectivity index (χ4n) is 1.37. The molecule has 1 aromatic rings. The molecule has 0 N–H and O–H groups in total. The molecule has 0 aliphatic carbocycles. The first-order valence-corrected chi connectivity index (χ1v) is 7.24. The number of rotatable bonds is 4. The average Bonchev–Trinajstić information content (AvgIpc) is 2.16. The second kappa shape index (κ2) is 5.53. The maximum absolute atomic E-state index is 11.7. The first-order valence-electron chi connectivity index (χ1n) is 4.56. The van der Waals surface area contributed by atoms with Crippen molar-refractivity contribution in [1.29, 1.82) is 0 Å². The Hall–Kier alpha value is -0.520. The van der Waals surface area contributed by atoms with Gasteiger partial charge in [0.2, 0.25) is 0 Å².